The van der Waals surface area contributed by atoms with Gasteiger partial charge in [-0.2, -0.15) is 9.97 Å². The molecule has 0 amide bonds. The monoisotopic (exact) mass is 252 g/mol. The number of ether oxygens (including phenoxy) is 2. The number of hydrogen-bond acceptors (Lipinski definition) is 6. The second kappa shape index (κ2) is 4.88. The normalized spacial score (nSPS) is 10.9. The maximum atomic E-state index is 12.3. The predicted molar refractivity (Wildman–Crippen MR) is 51.4 cm³/mol. The Morgan fingerprint density at radius 3 is 2.56 bits per heavy atom. The van der Waals surface area contributed by atoms with Gasteiger partial charge < -0.3 is 15.2 Å². The van der Waals surface area contributed by atoms with Crippen molar-refractivity contribution in [1.29, 1.82) is 0 Å². The van der Waals surface area contributed by atoms with Gasteiger partial charge in [-0.1, -0.05) is 12.7 Å². The molecule has 0 saturated carbocycles. The molecule has 6 nitrogen and oxygen atoms in total. The Bertz CT molecular complexity index is 385. The summed E-state index contributed by atoms with van der Waals surface area (Å²) in [4.78, 5) is 10.2. The Labute approximate surface area is 94.1 Å². The van der Waals surface area contributed by atoms with Gasteiger partial charge in [-0.15, -0.1) is 13.8 Å². The van der Waals surface area contributed by atoms with E-state index in [2.05, 4.69) is 37.9 Å². The molecule has 0 aliphatic heterocycles. The van der Waals surface area contributed by atoms with E-state index in [0.29, 0.717) is 0 Å². The summed E-state index contributed by atoms with van der Waals surface area (Å²) in [5.74, 6) is -0.329. The van der Waals surface area contributed by atoms with Crippen LogP contribution in [0, 0.1) is 0 Å². The number of nitrogens with two attached hydrogens (primary N) is 1. The van der Waals surface area contributed by atoms with Crippen LogP contribution in [0.1, 0.15) is 0 Å². The van der Waals surface area contributed by atoms with Crippen molar-refractivity contribution in [3.63, 3.8) is 0 Å². The number of anilines is 1. The summed E-state index contributed by atoms with van der Waals surface area (Å²) in [6.07, 6.45) is 1.41. The second-order valence-corrected chi connectivity index (χ2v) is 2.85. The van der Waals surface area contributed by atoms with Gasteiger partial charge in [0, 0.05) is 11.6 Å². The zero-order valence-electron chi connectivity index (χ0n) is 7.86. The van der Waals surface area contributed by atoms with E-state index < -0.39 is 11.6 Å². The van der Waals surface area contributed by atoms with Crippen molar-refractivity contribution in [2.75, 3.05) is 12.3 Å². The minimum Gasteiger partial charge on any atom is -0.459 e. The molecular formula is C7H7ClF2N4O2. The summed E-state index contributed by atoms with van der Waals surface area (Å²) >= 11 is 4.52. The van der Waals surface area contributed by atoms with Crippen LogP contribution in [-0.4, -0.2) is 27.1 Å². The van der Waals surface area contributed by atoms with Crippen LogP contribution in [0.15, 0.2) is 12.7 Å². The highest BCUT2D eigenvalue weighted by Gasteiger charge is 2.29. The Hall–Kier alpha value is -1.70. The third-order valence-corrected chi connectivity index (χ3v) is 1.23. The van der Waals surface area contributed by atoms with Crippen LogP contribution in [0.3, 0.4) is 0 Å². The maximum absolute atomic E-state index is 12.3. The van der Waals surface area contributed by atoms with Crippen molar-refractivity contribution in [2.24, 2.45) is 0 Å². The fourth-order valence-corrected chi connectivity index (χ4v) is 0.769. The zero-order valence-corrected chi connectivity index (χ0v) is 8.62. The lowest BCUT2D eigenvalue weighted by Gasteiger charge is -2.09. The molecule has 1 rings (SSSR count). The van der Waals surface area contributed by atoms with Crippen LogP contribution in [0.25, 0.3) is 0 Å². The van der Waals surface area contributed by atoms with Gasteiger partial charge in [0.15, 0.2) is 0 Å². The summed E-state index contributed by atoms with van der Waals surface area (Å²) in [6, 6.07) is -0.991. The Kier molecular flexibility index (Phi) is 3.78. The SMILES string of the molecule is C=CCOc1nc(N)nc(OC(F)(F)Cl)n1. The number of nitrogen functional groups attached to an aromatic ring is 1. The number of halogens is 3. The van der Waals surface area contributed by atoms with Gasteiger partial charge in [-0.05, 0) is 0 Å². The summed E-state index contributed by atoms with van der Waals surface area (Å²) in [6.45, 7) is 3.46. The highest BCUT2D eigenvalue weighted by atomic mass is 35.5. The van der Waals surface area contributed by atoms with Gasteiger partial charge in [-0.25, -0.2) is 0 Å². The molecule has 0 aliphatic carbocycles. The largest absolute Gasteiger partial charge is 0.489 e. The molecule has 0 spiro atoms. The smallest absolute Gasteiger partial charge is 0.459 e. The highest BCUT2D eigenvalue weighted by Crippen LogP contribution is 2.23. The lowest BCUT2D eigenvalue weighted by molar-refractivity contribution is -0.102. The zero-order chi connectivity index (χ0) is 12.2. The van der Waals surface area contributed by atoms with Crippen molar-refractivity contribution in [1.82, 2.24) is 15.0 Å². The first-order valence-electron chi connectivity index (χ1n) is 3.91. The van der Waals surface area contributed by atoms with Crippen LogP contribution in [0.4, 0.5) is 14.7 Å². The molecule has 1 heterocycles. The summed E-state index contributed by atoms with van der Waals surface area (Å²) < 4.78 is 33.3. The third kappa shape index (κ3) is 4.22. The maximum Gasteiger partial charge on any atom is 0.489 e. The van der Waals surface area contributed by atoms with Crippen molar-refractivity contribution < 1.29 is 18.3 Å². The molecule has 0 unspecified atom stereocenters. The fourth-order valence-electron chi connectivity index (χ4n) is 0.700. The van der Waals surface area contributed by atoms with E-state index >= 15 is 0 Å². The Morgan fingerprint density at radius 1 is 1.38 bits per heavy atom. The van der Waals surface area contributed by atoms with Gasteiger partial charge in [0.1, 0.15) is 6.61 Å². The van der Waals surface area contributed by atoms with Crippen LogP contribution in [0.5, 0.6) is 12.0 Å². The number of rotatable bonds is 5. The predicted octanol–water partition coefficient (Wildman–Crippen LogP) is 1.19. The van der Waals surface area contributed by atoms with E-state index in [1.165, 1.54) is 6.08 Å². The van der Waals surface area contributed by atoms with Gasteiger partial charge in [0.05, 0.1) is 0 Å². The molecule has 2 N–H and O–H groups in total. The number of aromatic nitrogens is 3. The molecule has 1 aromatic heterocycles. The van der Waals surface area contributed by atoms with Crippen LogP contribution >= 0.6 is 11.6 Å². The topological polar surface area (TPSA) is 83.2 Å². The molecule has 88 valence electrons. The van der Waals surface area contributed by atoms with E-state index in [1.807, 2.05) is 0 Å². The molecule has 0 aliphatic rings. The van der Waals surface area contributed by atoms with E-state index in [0.717, 1.165) is 0 Å². The molecule has 9 heteroatoms. The van der Waals surface area contributed by atoms with Crippen molar-refractivity contribution in [2.45, 2.75) is 5.57 Å². The number of hydrogen-bond donors (Lipinski definition) is 1. The van der Waals surface area contributed by atoms with Crippen LogP contribution in [-0.2, 0) is 0 Å². The molecule has 0 aromatic carbocycles. The lowest BCUT2D eigenvalue weighted by atomic mass is 10.7. The van der Waals surface area contributed by atoms with Gasteiger partial charge in [0.25, 0.3) is 0 Å². The first-order valence-corrected chi connectivity index (χ1v) is 4.29. The highest BCUT2D eigenvalue weighted by molar-refractivity contribution is 6.20. The van der Waals surface area contributed by atoms with Crippen molar-refractivity contribution >= 4 is 17.5 Å². The number of alkyl halides is 3. The quantitative estimate of drug-likeness (QED) is 0.626. The summed E-state index contributed by atoms with van der Waals surface area (Å²) in [5, 5.41) is 0. The minimum absolute atomic E-state index is 0.0835. The van der Waals surface area contributed by atoms with Crippen molar-refractivity contribution in [3.05, 3.63) is 12.7 Å². The molecule has 16 heavy (non-hydrogen) atoms. The van der Waals surface area contributed by atoms with Crippen LogP contribution < -0.4 is 15.2 Å². The average Bonchev–Trinajstić information content (AvgIpc) is 2.10. The first kappa shape index (κ1) is 12.4. The first-order chi connectivity index (χ1) is 7.40. The molecule has 1 aromatic rings. The van der Waals surface area contributed by atoms with Crippen LogP contribution in [0.2, 0.25) is 0 Å². The lowest BCUT2D eigenvalue weighted by Crippen LogP contribution is -2.18. The summed E-state index contributed by atoms with van der Waals surface area (Å²) in [7, 11) is 0. The van der Waals surface area contributed by atoms with E-state index in [4.69, 9.17) is 10.5 Å². The second-order valence-electron chi connectivity index (χ2n) is 2.41. The van der Waals surface area contributed by atoms with Gasteiger partial charge in [0.2, 0.25) is 5.95 Å². The Balaban J connectivity index is 2.85. The fraction of sp³-hybridized carbons (Fsp3) is 0.286. The van der Waals surface area contributed by atoms with Gasteiger partial charge >= 0.3 is 17.6 Å². The molecule has 0 atom stereocenters. The molecule has 0 bridgehead atoms. The molecular weight excluding hydrogens is 246 g/mol. The van der Waals surface area contributed by atoms with E-state index in [1.54, 1.807) is 0 Å². The third-order valence-electron chi connectivity index (χ3n) is 1.15. The number of nitrogens with zero attached hydrogens (tertiary/aromatic N) is 3. The summed E-state index contributed by atoms with van der Waals surface area (Å²) in [5.41, 5.74) is 1.29. The van der Waals surface area contributed by atoms with Gasteiger partial charge in [-0.3, -0.25) is 0 Å². The van der Waals surface area contributed by atoms with E-state index in [9.17, 15) is 8.78 Å². The molecule has 0 fully saturated rings. The van der Waals surface area contributed by atoms with Crippen molar-refractivity contribution in [3.8, 4) is 12.0 Å². The molecule has 0 radical (unpaired) electrons. The standard InChI is InChI=1S/C7H7ClF2N4O2/c1-2-3-15-5-12-4(11)13-6(14-5)16-7(8,9)10/h2H,1,3H2,(H2,11,12,13,14). The van der Waals surface area contributed by atoms with E-state index in [-0.39, 0.29) is 18.6 Å². The minimum atomic E-state index is -3.93. The average molecular weight is 253 g/mol. The molecule has 0 saturated heterocycles. The Morgan fingerprint density at radius 2 is 2.00 bits per heavy atom.